The van der Waals surface area contributed by atoms with Crippen LogP contribution < -0.4 is 14.8 Å². The van der Waals surface area contributed by atoms with Gasteiger partial charge in [-0.25, -0.2) is 0 Å². The standard InChI is InChI=1S/C30H24N2O5S/c1-36-25-14-12-24(13-15-25)31-28(33)18-32-29(34)27(38-30(32)35)17-23-8-4-5-9-26(23)37-19-20-10-11-21-6-2-3-7-22(21)16-20/h2-17H,18-19H2,1H3,(H,31,33)/b27-17-. The lowest BCUT2D eigenvalue weighted by Crippen LogP contribution is -2.36. The highest BCUT2D eigenvalue weighted by Gasteiger charge is 2.36. The molecular formula is C30H24N2O5S. The molecule has 1 aliphatic rings. The Bertz CT molecular complexity index is 1550. The summed E-state index contributed by atoms with van der Waals surface area (Å²) in [6.45, 7) is -0.0309. The number of ether oxygens (including phenoxy) is 2. The first-order valence-electron chi connectivity index (χ1n) is 11.9. The molecule has 1 saturated heterocycles. The van der Waals surface area contributed by atoms with Gasteiger partial charge in [0.05, 0.1) is 12.0 Å². The second-order valence-electron chi connectivity index (χ2n) is 8.55. The minimum absolute atomic E-state index is 0.231. The number of benzene rings is 4. The molecule has 7 nitrogen and oxygen atoms in total. The number of fused-ring (bicyclic) bond motifs is 1. The number of nitrogens with one attached hydrogen (secondary N) is 1. The molecule has 0 atom stereocenters. The molecule has 4 aromatic carbocycles. The molecule has 0 aromatic heterocycles. The summed E-state index contributed by atoms with van der Waals surface area (Å²) in [6.07, 6.45) is 1.63. The summed E-state index contributed by atoms with van der Waals surface area (Å²) in [5.74, 6) is 0.248. The molecule has 8 heteroatoms. The van der Waals surface area contributed by atoms with Gasteiger partial charge in [0.25, 0.3) is 11.1 Å². The highest BCUT2D eigenvalue weighted by molar-refractivity contribution is 8.18. The van der Waals surface area contributed by atoms with Crippen LogP contribution in [0.5, 0.6) is 11.5 Å². The lowest BCUT2D eigenvalue weighted by molar-refractivity contribution is -0.127. The third kappa shape index (κ3) is 5.71. The zero-order valence-corrected chi connectivity index (χ0v) is 21.4. The normalized spacial score (nSPS) is 14.2. The largest absolute Gasteiger partial charge is 0.497 e. The number of thioether (sulfide) groups is 1. The van der Waals surface area contributed by atoms with Gasteiger partial charge in [-0.2, -0.15) is 0 Å². The van der Waals surface area contributed by atoms with Gasteiger partial charge >= 0.3 is 0 Å². The average molecular weight is 525 g/mol. The maximum Gasteiger partial charge on any atom is 0.294 e. The van der Waals surface area contributed by atoms with E-state index in [9.17, 15) is 14.4 Å². The van der Waals surface area contributed by atoms with E-state index in [2.05, 4.69) is 29.6 Å². The van der Waals surface area contributed by atoms with Crippen LogP contribution in [0.3, 0.4) is 0 Å². The third-order valence-corrected chi connectivity index (χ3v) is 6.87. The van der Waals surface area contributed by atoms with E-state index < -0.39 is 17.1 Å². The lowest BCUT2D eigenvalue weighted by atomic mass is 10.1. The molecule has 0 saturated carbocycles. The van der Waals surface area contributed by atoms with E-state index >= 15 is 0 Å². The van der Waals surface area contributed by atoms with Crippen molar-refractivity contribution < 1.29 is 23.9 Å². The number of amides is 3. The fraction of sp³-hybridized carbons (Fsp3) is 0.100. The van der Waals surface area contributed by atoms with Gasteiger partial charge in [0, 0.05) is 11.3 Å². The number of rotatable bonds is 8. The topological polar surface area (TPSA) is 84.9 Å². The summed E-state index contributed by atoms with van der Waals surface area (Å²) in [4.78, 5) is 39.2. The highest BCUT2D eigenvalue weighted by Crippen LogP contribution is 2.34. The molecule has 0 unspecified atom stereocenters. The fourth-order valence-electron chi connectivity index (χ4n) is 4.02. The van der Waals surface area contributed by atoms with Crippen molar-refractivity contribution in [1.29, 1.82) is 0 Å². The molecule has 38 heavy (non-hydrogen) atoms. The predicted molar refractivity (Wildman–Crippen MR) is 149 cm³/mol. The van der Waals surface area contributed by atoms with Crippen LogP contribution >= 0.6 is 11.8 Å². The van der Waals surface area contributed by atoms with E-state index in [4.69, 9.17) is 9.47 Å². The number of nitrogens with zero attached hydrogens (tertiary/aromatic N) is 1. The van der Waals surface area contributed by atoms with E-state index in [1.54, 1.807) is 37.5 Å². The number of carbonyl (C=O) groups excluding carboxylic acids is 3. The van der Waals surface area contributed by atoms with Crippen LogP contribution in [0.15, 0.2) is 95.9 Å². The molecular weight excluding hydrogens is 500 g/mol. The fourth-order valence-corrected chi connectivity index (χ4v) is 4.85. The lowest BCUT2D eigenvalue weighted by Gasteiger charge is -2.13. The van der Waals surface area contributed by atoms with Gasteiger partial charge in [-0.1, -0.05) is 54.6 Å². The highest BCUT2D eigenvalue weighted by atomic mass is 32.2. The number of anilines is 1. The number of hydrogen-bond acceptors (Lipinski definition) is 6. The van der Waals surface area contributed by atoms with Crippen molar-refractivity contribution in [2.24, 2.45) is 0 Å². The first-order valence-corrected chi connectivity index (χ1v) is 12.7. The molecule has 1 fully saturated rings. The summed E-state index contributed by atoms with van der Waals surface area (Å²) in [5.41, 5.74) is 2.22. The molecule has 190 valence electrons. The summed E-state index contributed by atoms with van der Waals surface area (Å²) >= 11 is 0.801. The van der Waals surface area contributed by atoms with Crippen molar-refractivity contribution in [1.82, 2.24) is 4.90 Å². The van der Waals surface area contributed by atoms with Gasteiger partial charge in [0.2, 0.25) is 5.91 Å². The Balaban J connectivity index is 1.26. The summed E-state index contributed by atoms with van der Waals surface area (Å²) in [7, 11) is 1.55. The van der Waals surface area contributed by atoms with E-state index in [-0.39, 0.29) is 11.4 Å². The Labute approximate surface area is 224 Å². The molecule has 1 N–H and O–H groups in total. The van der Waals surface area contributed by atoms with Crippen molar-refractivity contribution >= 4 is 51.4 Å². The van der Waals surface area contributed by atoms with Crippen LogP contribution in [0.2, 0.25) is 0 Å². The van der Waals surface area contributed by atoms with E-state index in [0.29, 0.717) is 29.4 Å². The molecule has 0 spiro atoms. The number of para-hydroxylation sites is 1. The van der Waals surface area contributed by atoms with Gasteiger partial charge in [-0.15, -0.1) is 0 Å². The van der Waals surface area contributed by atoms with Gasteiger partial charge in [0.15, 0.2) is 0 Å². The van der Waals surface area contributed by atoms with Crippen LogP contribution in [0.1, 0.15) is 11.1 Å². The van der Waals surface area contributed by atoms with Crippen LogP contribution in [0.4, 0.5) is 10.5 Å². The third-order valence-electron chi connectivity index (χ3n) is 5.96. The van der Waals surface area contributed by atoms with Crippen molar-refractivity contribution in [3.63, 3.8) is 0 Å². The van der Waals surface area contributed by atoms with Crippen molar-refractivity contribution in [3.05, 3.63) is 107 Å². The number of hydrogen-bond donors (Lipinski definition) is 1. The van der Waals surface area contributed by atoms with Crippen molar-refractivity contribution in [2.75, 3.05) is 19.0 Å². The molecule has 0 bridgehead atoms. The molecule has 3 amide bonds. The Morgan fingerprint density at radius 1 is 0.921 bits per heavy atom. The maximum absolute atomic E-state index is 13.0. The van der Waals surface area contributed by atoms with Crippen LogP contribution in [-0.4, -0.2) is 35.6 Å². The second kappa shape index (κ2) is 11.2. The SMILES string of the molecule is COc1ccc(NC(=O)CN2C(=O)S/C(=C\c3ccccc3OCc3ccc4ccccc4c3)C2=O)cc1. The Morgan fingerprint density at radius 3 is 2.45 bits per heavy atom. The summed E-state index contributed by atoms with van der Waals surface area (Å²) in [6, 6.07) is 28.4. The van der Waals surface area contributed by atoms with Crippen LogP contribution in [0.25, 0.3) is 16.8 Å². The minimum Gasteiger partial charge on any atom is -0.497 e. The molecule has 1 aliphatic heterocycles. The minimum atomic E-state index is -0.519. The number of imide groups is 1. The average Bonchev–Trinajstić information content (AvgIpc) is 3.20. The number of carbonyl (C=O) groups is 3. The monoisotopic (exact) mass is 524 g/mol. The summed E-state index contributed by atoms with van der Waals surface area (Å²) < 4.78 is 11.2. The van der Waals surface area contributed by atoms with Gasteiger partial charge < -0.3 is 14.8 Å². The van der Waals surface area contributed by atoms with Gasteiger partial charge in [0.1, 0.15) is 24.7 Å². The first-order chi connectivity index (χ1) is 18.5. The van der Waals surface area contributed by atoms with E-state index in [0.717, 1.165) is 33.0 Å². The molecule has 1 heterocycles. The quantitative estimate of drug-likeness (QED) is 0.280. The first kappa shape index (κ1) is 25.1. The van der Waals surface area contributed by atoms with Crippen LogP contribution in [0, 0.1) is 0 Å². The summed E-state index contributed by atoms with van der Waals surface area (Å²) in [5, 5.41) is 4.48. The zero-order valence-electron chi connectivity index (χ0n) is 20.5. The van der Waals surface area contributed by atoms with Crippen molar-refractivity contribution in [2.45, 2.75) is 6.61 Å². The Morgan fingerprint density at radius 2 is 1.66 bits per heavy atom. The van der Waals surface area contributed by atoms with Crippen LogP contribution in [-0.2, 0) is 16.2 Å². The van der Waals surface area contributed by atoms with E-state index in [1.165, 1.54) is 0 Å². The van der Waals surface area contributed by atoms with E-state index in [1.807, 2.05) is 42.5 Å². The second-order valence-corrected chi connectivity index (χ2v) is 9.55. The molecule has 5 rings (SSSR count). The van der Waals surface area contributed by atoms with Gasteiger partial charge in [-0.05, 0) is 70.6 Å². The van der Waals surface area contributed by atoms with Gasteiger partial charge in [-0.3, -0.25) is 19.3 Å². The Kier molecular flexibility index (Phi) is 7.42. The smallest absolute Gasteiger partial charge is 0.294 e. The molecule has 0 radical (unpaired) electrons. The van der Waals surface area contributed by atoms with Crippen molar-refractivity contribution in [3.8, 4) is 11.5 Å². The molecule has 0 aliphatic carbocycles. The maximum atomic E-state index is 13.0. The number of methoxy groups -OCH3 is 1. The zero-order chi connectivity index (χ0) is 26.5. The molecule has 4 aromatic rings. The predicted octanol–water partition coefficient (Wildman–Crippen LogP) is 6.10. The Hall–Kier alpha value is -4.56.